The summed E-state index contributed by atoms with van der Waals surface area (Å²) in [6.07, 6.45) is 36.2. The van der Waals surface area contributed by atoms with Gasteiger partial charge in [-0.15, -0.1) is 0 Å². The fourth-order valence-corrected chi connectivity index (χ4v) is 6.16. The van der Waals surface area contributed by atoms with E-state index >= 15 is 0 Å². The van der Waals surface area contributed by atoms with Crippen LogP contribution in [0.5, 0.6) is 0 Å². The van der Waals surface area contributed by atoms with Crippen molar-refractivity contribution in [2.24, 2.45) is 0 Å². The lowest BCUT2D eigenvalue weighted by atomic mass is 9.99. The molecule has 1 amide bonds. The van der Waals surface area contributed by atoms with E-state index in [1.54, 1.807) is 0 Å². The van der Waals surface area contributed by atoms with Gasteiger partial charge in [-0.25, -0.2) is 0 Å². The lowest BCUT2D eigenvalue weighted by Crippen LogP contribution is -2.50. The second-order valence-electron chi connectivity index (χ2n) is 13.5. The Bertz CT molecular complexity index is 558. The Balaban J connectivity index is 3.64. The number of nitrogens with one attached hydrogen (secondary N) is 1. The van der Waals surface area contributed by atoms with E-state index in [0.717, 1.165) is 32.1 Å². The Morgan fingerprint density at radius 3 is 1.12 bits per heavy atom. The Hall–Kier alpha value is -0.650. The average molecular weight is 612 g/mol. The smallest absolute Gasteiger partial charge is 0.220 e. The summed E-state index contributed by atoms with van der Waals surface area (Å²) in [5, 5.41) is 33.4. The molecule has 0 aliphatic rings. The molecule has 258 valence electrons. The van der Waals surface area contributed by atoms with Crippen molar-refractivity contribution in [2.45, 2.75) is 231 Å². The first-order chi connectivity index (χ1) is 21.1. The van der Waals surface area contributed by atoms with Crippen LogP contribution in [-0.2, 0) is 4.79 Å². The molecule has 0 fully saturated rings. The Morgan fingerprint density at radius 1 is 0.488 bits per heavy atom. The van der Waals surface area contributed by atoms with E-state index in [4.69, 9.17) is 0 Å². The zero-order valence-corrected chi connectivity index (χ0v) is 29.1. The van der Waals surface area contributed by atoms with E-state index in [9.17, 15) is 20.1 Å². The first kappa shape index (κ1) is 42.3. The molecule has 0 saturated carbocycles. The van der Waals surface area contributed by atoms with E-state index in [1.807, 2.05) is 0 Å². The number of rotatable bonds is 35. The number of aliphatic hydroxyl groups excluding tert-OH is 3. The minimum absolute atomic E-state index is 0.143. The molecule has 4 N–H and O–H groups in total. The van der Waals surface area contributed by atoms with Crippen LogP contribution in [0.2, 0.25) is 0 Å². The zero-order valence-electron chi connectivity index (χ0n) is 29.1. The second kappa shape index (κ2) is 34.2. The maximum atomic E-state index is 12.3. The van der Waals surface area contributed by atoms with Gasteiger partial charge in [-0.1, -0.05) is 194 Å². The van der Waals surface area contributed by atoms with Crippen molar-refractivity contribution >= 4 is 5.91 Å². The van der Waals surface area contributed by atoms with E-state index in [1.165, 1.54) is 154 Å². The highest BCUT2D eigenvalue weighted by Crippen LogP contribution is 2.16. The Labute approximate surface area is 268 Å². The van der Waals surface area contributed by atoms with Gasteiger partial charge in [0, 0.05) is 6.42 Å². The van der Waals surface area contributed by atoms with Gasteiger partial charge in [-0.3, -0.25) is 4.79 Å². The van der Waals surface area contributed by atoms with Crippen LogP contribution in [-0.4, -0.2) is 46.1 Å². The molecule has 0 heterocycles. The summed E-state index contributed by atoms with van der Waals surface area (Å²) < 4.78 is 0. The topological polar surface area (TPSA) is 89.8 Å². The van der Waals surface area contributed by atoms with Gasteiger partial charge in [-0.2, -0.15) is 0 Å². The van der Waals surface area contributed by atoms with Gasteiger partial charge in [0.05, 0.1) is 18.8 Å². The van der Waals surface area contributed by atoms with Crippen molar-refractivity contribution in [3.05, 3.63) is 0 Å². The standard InChI is InChI=1S/C38H77NO4/c1-3-5-7-9-11-13-15-17-18-19-21-22-24-26-28-30-32-36(41)38(43)35(34-40)39-37(42)33-31-29-27-25-23-20-16-14-12-10-8-6-4-2/h35-36,38,40-41,43H,3-34H2,1-2H3,(H,39,42)/t35-,36+,38-/m0/s1. The molecule has 0 saturated heterocycles. The molecule has 0 unspecified atom stereocenters. The number of carbonyl (C=O) groups excluding carboxylic acids is 1. The van der Waals surface area contributed by atoms with Gasteiger partial charge in [0.1, 0.15) is 6.10 Å². The SMILES string of the molecule is CCCCCCCCCCCCCCCCCC[C@@H](O)[C@@H](O)[C@H](CO)NC(=O)CCCCCCCCCCCCCCC. The van der Waals surface area contributed by atoms with Crippen molar-refractivity contribution < 1.29 is 20.1 Å². The predicted molar refractivity (Wildman–Crippen MR) is 186 cm³/mol. The number of aliphatic hydroxyl groups is 3. The largest absolute Gasteiger partial charge is 0.394 e. The molecule has 0 aromatic heterocycles. The van der Waals surface area contributed by atoms with Gasteiger partial charge in [0.15, 0.2) is 0 Å². The first-order valence-corrected chi connectivity index (χ1v) is 19.3. The quantitative estimate of drug-likeness (QED) is 0.0537. The van der Waals surface area contributed by atoms with E-state index in [2.05, 4.69) is 19.2 Å². The van der Waals surface area contributed by atoms with Crippen molar-refractivity contribution in [2.75, 3.05) is 6.61 Å². The summed E-state index contributed by atoms with van der Waals surface area (Å²) in [7, 11) is 0. The summed E-state index contributed by atoms with van der Waals surface area (Å²) in [5.74, 6) is -0.143. The third-order valence-electron chi connectivity index (χ3n) is 9.21. The van der Waals surface area contributed by atoms with E-state index in [0.29, 0.717) is 12.8 Å². The summed E-state index contributed by atoms with van der Waals surface area (Å²) >= 11 is 0. The predicted octanol–water partition coefficient (Wildman–Crippen LogP) is 10.3. The fraction of sp³-hybridized carbons (Fsp3) is 0.974. The molecule has 5 heteroatoms. The zero-order chi connectivity index (χ0) is 31.6. The lowest BCUT2D eigenvalue weighted by molar-refractivity contribution is -0.124. The molecule has 5 nitrogen and oxygen atoms in total. The first-order valence-electron chi connectivity index (χ1n) is 19.3. The van der Waals surface area contributed by atoms with Gasteiger partial charge < -0.3 is 20.6 Å². The maximum absolute atomic E-state index is 12.3. The molecule has 0 bridgehead atoms. The second-order valence-corrected chi connectivity index (χ2v) is 13.5. The van der Waals surface area contributed by atoms with Gasteiger partial charge in [-0.05, 0) is 12.8 Å². The van der Waals surface area contributed by atoms with Crippen LogP contribution in [0.3, 0.4) is 0 Å². The third kappa shape index (κ3) is 29.8. The van der Waals surface area contributed by atoms with E-state index in [-0.39, 0.29) is 12.5 Å². The normalized spacial score (nSPS) is 13.7. The van der Waals surface area contributed by atoms with Gasteiger partial charge in [0.25, 0.3) is 0 Å². The molecule has 3 atom stereocenters. The molecule has 0 rings (SSSR count). The van der Waals surface area contributed by atoms with Crippen LogP contribution in [0.1, 0.15) is 213 Å². The molecule has 0 spiro atoms. The molecule has 0 aromatic rings. The Morgan fingerprint density at radius 2 is 0.791 bits per heavy atom. The molecular weight excluding hydrogens is 534 g/mol. The van der Waals surface area contributed by atoms with Crippen molar-refractivity contribution in [3.63, 3.8) is 0 Å². The molecular formula is C38H77NO4. The minimum atomic E-state index is -1.13. The van der Waals surface area contributed by atoms with Crippen LogP contribution in [0.25, 0.3) is 0 Å². The summed E-state index contributed by atoms with van der Waals surface area (Å²) in [6, 6.07) is -0.800. The maximum Gasteiger partial charge on any atom is 0.220 e. The molecule has 0 aromatic carbocycles. The van der Waals surface area contributed by atoms with Crippen LogP contribution < -0.4 is 5.32 Å². The minimum Gasteiger partial charge on any atom is -0.394 e. The lowest BCUT2D eigenvalue weighted by Gasteiger charge is -2.26. The van der Waals surface area contributed by atoms with Crippen molar-refractivity contribution in [3.8, 4) is 0 Å². The van der Waals surface area contributed by atoms with Crippen LogP contribution in [0.15, 0.2) is 0 Å². The number of carbonyl (C=O) groups is 1. The van der Waals surface area contributed by atoms with Gasteiger partial charge in [0.2, 0.25) is 5.91 Å². The molecule has 43 heavy (non-hydrogen) atoms. The molecule has 0 radical (unpaired) electrons. The highest BCUT2D eigenvalue weighted by Gasteiger charge is 2.26. The number of hydrogen-bond acceptors (Lipinski definition) is 4. The summed E-state index contributed by atoms with van der Waals surface area (Å²) in [5.41, 5.74) is 0. The van der Waals surface area contributed by atoms with Crippen LogP contribution in [0, 0.1) is 0 Å². The number of unbranched alkanes of at least 4 members (excludes halogenated alkanes) is 27. The highest BCUT2D eigenvalue weighted by molar-refractivity contribution is 5.76. The number of hydrogen-bond donors (Lipinski definition) is 4. The van der Waals surface area contributed by atoms with Crippen molar-refractivity contribution in [1.29, 1.82) is 0 Å². The van der Waals surface area contributed by atoms with Crippen LogP contribution in [0.4, 0.5) is 0 Å². The van der Waals surface area contributed by atoms with Gasteiger partial charge >= 0.3 is 0 Å². The Kier molecular flexibility index (Phi) is 33.7. The third-order valence-corrected chi connectivity index (χ3v) is 9.21. The number of amides is 1. The summed E-state index contributed by atoms with van der Waals surface area (Å²) in [6.45, 7) is 4.18. The average Bonchev–Trinajstić information content (AvgIpc) is 3.01. The highest BCUT2D eigenvalue weighted by atomic mass is 16.3. The molecule has 0 aliphatic heterocycles. The monoisotopic (exact) mass is 612 g/mol. The molecule has 0 aliphatic carbocycles. The van der Waals surface area contributed by atoms with Crippen molar-refractivity contribution in [1.82, 2.24) is 5.32 Å². The van der Waals surface area contributed by atoms with Crippen LogP contribution >= 0.6 is 0 Å². The summed E-state index contributed by atoms with van der Waals surface area (Å²) in [4.78, 5) is 12.3. The van der Waals surface area contributed by atoms with E-state index < -0.39 is 18.2 Å². The fourth-order valence-electron chi connectivity index (χ4n) is 6.16.